The highest BCUT2D eigenvalue weighted by Crippen LogP contribution is 2.45. The topological polar surface area (TPSA) is 13.1 Å². The number of para-hydroxylation sites is 2. The number of allylic oxidation sites excluding steroid dienone is 3. The molecule has 0 bridgehead atoms. The average Bonchev–Trinajstić information content (AvgIpc) is 4.03. The van der Waals surface area contributed by atoms with Crippen LogP contribution in [0.5, 0.6) is 0 Å². The molecule has 314 valence electrons. The molecule has 0 saturated heterocycles. The summed E-state index contributed by atoms with van der Waals surface area (Å²) in [5.74, 6) is 0. The van der Waals surface area contributed by atoms with Crippen LogP contribution in [0.25, 0.3) is 83.3 Å². The van der Waals surface area contributed by atoms with Crippen molar-refractivity contribution in [2.24, 2.45) is 0 Å². The van der Waals surface area contributed by atoms with Gasteiger partial charge in [0.05, 0.1) is 11.0 Å². The van der Waals surface area contributed by atoms with Crippen LogP contribution < -0.4 is 4.90 Å². The third-order valence-corrected chi connectivity index (χ3v) is 12.7. The van der Waals surface area contributed by atoms with E-state index in [9.17, 15) is 0 Å². The molecule has 2 heterocycles. The molecule has 0 N–H and O–H groups in total. The summed E-state index contributed by atoms with van der Waals surface area (Å²) < 4.78 is 4.55. The number of rotatable bonds is 11. The Hall–Kier alpha value is -8.66. The molecular weight excluding hydrogens is 799 g/mol. The number of hydrogen-bond acceptors (Lipinski definition) is 1. The van der Waals surface area contributed by atoms with Gasteiger partial charge < -0.3 is 14.0 Å². The summed E-state index contributed by atoms with van der Waals surface area (Å²) in [4.78, 5) is 2.40. The summed E-state index contributed by atoms with van der Waals surface area (Å²) in [6.07, 6.45) is 8.37. The molecule has 3 nitrogen and oxygen atoms in total. The average molecular weight is 846 g/mol. The minimum Gasteiger partial charge on any atom is -0.317 e. The van der Waals surface area contributed by atoms with Gasteiger partial charge in [-0.1, -0.05) is 164 Å². The van der Waals surface area contributed by atoms with Crippen molar-refractivity contribution in [3.8, 4) is 55.9 Å². The molecule has 3 heteroatoms. The van der Waals surface area contributed by atoms with Gasteiger partial charge >= 0.3 is 0 Å². The first-order chi connectivity index (χ1) is 32.6. The molecule has 2 aromatic heterocycles. The van der Waals surface area contributed by atoms with Crippen LogP contribution in [0, 0.1) is 0 Å². The maximum absolute atomic E-state index is 4.12. The van der Waals surface area contributed by atoms with Gasteiger partial charge in [-0.25, -0.2) is 0 Å². The third-order valence-electron chi connectivity index (χ3n) is 12.7. The first-order valence-corrected chi connectivity index (χ1v) is 22.5. The normalized spacial score (nSPS) is 11.6. The molecule has 0 aliphatic heterocycles. The molecule has 0 spiro atoms. The van der Waals surface area contributed by atoms with Gasteiger partial charge in [0.25, 0.3) is 0 Å². The number of aromatic nitrogens is 2. The van der Waals surface area contributed by atoms with Crippen molar-refractivity contribution in [2.75, 3.05) is 4.90 Å². The van der Waals surface area contributed by atoms with E-state index in [1.165, 1.54) is 55.2 Å². The van der Waals surface area contributed by atoms with E-state index < -0.39 is 0 Å². The van der Waals surface area contributed by atoms with Crippen molar-refractivity contribution in [2.45, 2.75) is 6.92 Å². The third kappa shape index (κ3) is 7.43. The number of fused-ring (bicyclic) bond motifs is 2. The highest BCUT2D eigenvalue weighted by atomic mass is 15.1. The SMILES string of the molecule is C=C/C=C(\C)c1cc(N(c2ccc(-c3ccccc3)cc2)c2ccc(-c3cccc4c3ccn4-c3ccccc3)c(-c3ccccc3)c2)ccc1-c1cccc2c1ccn2-c1ccccc1. The van der Waals surface area contributed by atoms with Gasteiger partial charge in [0, 0.05) is 51.6 Å². The summed E-state index contributed by atoms with van der Waals surface area (Å²) >= 11 is 0. The van der Waals surface area contributed by atoms with E-state index in [-0.39, 0.29) is 0 Å². The van der Waals surface area contributed by atoms with Gasteiger partial charge in [-0.05, 0) is 147 Å². The Morgan fingerprint density at radius 2 is 0.864 bits per heavy atom. The maximum Gasteiger partial charge on any atom is 0.0534 e. The fraction of sp³-hybridized carbons (Fsp3) is 0.0159. The van der Waals surface area contributed by atoms with Crippen LogP contribution >= 0.6 is 0 Å². The van der Waals surface area contributed by atoms with Gasteiger partial charge in [-0.15, -0.1) is 0 Å². The Morgan fingerprint density at radius 3 is 1.42 bits per heavy atom. The molecule has 0 fully saturated rings. The molecule has 0 radical (unpaired) electrons. The summed E-state index contributed by atoms with van der Waals surface area (Å²) in [7, 11) is 0. The van der Waals surface area contributed by atoms with Crippen molar-refractivity contribution in [3.05, 3.63) is 267 Å². The van der Waals surface area contributed by atoms with Crippen LogP contribution in [0.2, 0.25) is 0 Å². The van der Waals surface area contributed by atoms with Gasteiger partial charge in [-0.2, -0.15) is 0 Å². The Bertz CT molecular complexity index is 3520. The monoisotopic (exact) mass is 845 g/mol. The van der Waals surface area contributed by atoms with Crippen LogP contribution in [-0.2, 0) is 0 Å². The lowest BCUT2D eigenvalue weighted by Crippen LogP contribution is -2.11. The molecule has 66 heavy (non-hydrogen) atoms. The zero-order chi connectivity index (χ0) is 44.4. The standard InChI is InChI=1S/C63H47N3/c1-3-18-45(2)60-43-52(35-37-56(60)54-27-16-29-62-58(54)39-41-64(62)49-23-12-6-13-24-49)66(51-33-31-47(32-34-51)46-19-8-4-9-20-46)53-36-38-57(61(44-53)48-21-10-5-11-22-48)55-28-17-30-63-59(55)40-42-65(63)50-25-14-7-15-26-50/h3-44H,1H2,2H3/b45-18+. The Morgan fingerprint density at radius 1 is 0.394 bits per heavy atom. The van der Waals surface area contributed by atoms with Crippen molar-refractivity contribution in [3.63, 3.8) is 0 Å². The van der Waals surface area contributed by atoms with Gasteiger partial charge in [0.1, 0.15) is 0 Å². The number of nitrogens with zero attached hydrogens (tertiary/aromatic N) is 3. The minimum atomic E-state index is 1.06. The van der Waals surface area contributed by atoms with Crippen molar-refractivity contribution in [1.82, 2.24) is 9.13 Å². The van der Waals surface area contributed by atoms with Gasteiger partial charge in [0.15, 0.2) is 0 Å². The van der Waals surface area contributed by atoms with Crippen LogP contribution in [0.4, 0.5) is 17.1 Å². The van der Waals surface area contributed by atoms with Crippen LogP contribution in [0.1, 0.15) is 12.5 Å². The largest absolute Gasteiger partial charge is 0.317 e. The summed E-state index contributed by atoms with van der Waals surface area (Å²) in [5.41, 5.74) is 19.5. The molecule has 9 aromatic carbocycles. The quantitative estimate of drug-likeness (QED) is 0.118. The Labute approximate surface area is 386 Å². The van der Waals surface area contributed by atoms with Crippen molar-refractivity contribution >= 4 is 44.4 Å². The fourth-order valence-electron chi connectivity index (χ4n) is 9.57. The second kappa shape index (κ2) is 17.5. The van der Waals surface area contributed by atoms with E-state index >= 15 is 0 Å². The maximum atomic E-state index is 4.12. The van der Waals surface area contributed by atoms with Crippen LogP contribution in [-0.4, -0.2) is 9.13 Å². The predicted molar refractivity (Wildman–Crippen MR) is 280 cm³/mol. The smallest absolute Gasteiger partial charge is 0.0534 e. The van der Waals surface area contributed by atoms with Crippen LogP contribution in [0.15, 0.2) is 262 Å². The molecule has 11 rings (SSSR count). The molecule has 0 saturated carbocycles. The summed E-state index contributed by atoms with van der Waals surface area (Å²) in [5, 5.41) is 2.41. The molecule has 11 aromatic rings. The molecule has 0 amide bonds. The summed E-state index contributed by atoms with van der Waals surface area (Å²) in [6, 6.07) is 83.2. The van der Waals surface area contributed by atoms with Crippen LogP contribution in [0.3, 0.4) is 0 Å². The Balaban J connectivity index is 1.10. The Kier molecular flexibility index (Phi) is 10.6. The second-order valence-electron chi connectivity index (χ2n) is 16.7. The van der Waals surface area contributed by atoms with E-state index in [0.29, 0.717) is 0 Å². The zero-order valence-corrected chi connectivity index (χ0v) is 36.8. The number of hydrogen-bond donors (Lipinski definition) is 0. The lowest BCUT2D eigenvalue weighted by molar-refractivity contribution is 1.13. The highest BCUT2D eigenvalue weighted by Gasteiger charge is 2.21. The van der Waals surface area contributed by atoms with Crippen molar-refractivity contribution < 1.29 is 0 Å². The molecule has 0 aliphatic carbocycles. The highest BCUT2D eigenvalue weighted by molar-refractivity contribution is 6.02. The lowest BCUT2D eigenvalue weighted by atomic mass is 9.91. The fourth-order valence-corrected chi connectivity index (χ4v) is 9.57. The molecule has 0 unspecified atom stereocenters. The summed E-state index contributed by atoms with van der Waals surface area (Å²) in [6.45, 7) is 6.30. The van der Waals surface area contributed by atoms with E-state index in [4.69, 9.17) is 0 Å². The first-order valence-electron chi connectivity index (χ1n) is 22.5. The van der Waals surface area contributed by atoms with E-state index in [1.54, 1.807) is 0 Å². The lowest BCUT2D eigenvalue weighted by Gasteiger charge is -2.28. The molecule has 0 atom stereocenters. The molecule has 0 aliphatic rings. The van der Waals surface area contributed by atoms with E-state index in [1.807, 2.05) is 6.08 Å². The number of anilines is 3. The molecular formula is C63H47N3. The van der Waals surface area contributed by atoms with Crippen molar-refractivity contribution in [1.29, 1.82) is 0 Å². The zero-order valence-electron chi connectivity index (χ0n) is 36.8. The first kappa shape index (κ1) is 40.1. The second-order valence-corrected chi connectivity index (χ2v) is 16.7. The predicted octanol–water partition coefficient (Wildman–Crippen LogP) is 17.3. The van der Waals surface area contributed by atoms with Gasteiger partial charge in [-0.3, -0.25) is 0 Å². The van der Waals surface area contributed by atoms with Gasteiger partial charge in [0.2, 0.25) is 0 Å². The minimum absolute atomic E-state index is 1.06. The van der Waals surface area contributed by atoms with E-state index in [2.05, 4.69) is 277 Å². The number of benzene rings is 9. The van der Waals surface area contributed by atoms with E-state index in [0.717, 1.165) is 50.7 Å².